The van der Waals surface area contributed by atoms with Crippen LogP contribution in [0.15, 0.2) is 0 Å². The van der Waals surface area contributed by atoms with Gasteiger partial charge >= 0.3 is 0 Å². The summed E-state index contributed by atoms with van der Waals surface area (Å²) in [5.74, 6) is 0.0437. The molecule has 0 heterocycles. The van der Waals surface area contributed by atoms with E-state index in [2.05, 4.69) is 5.32 Å². The van der Waals surface area contributed by atoms with Gasteiger partial charge in [0.05, 0.1) is 0 Å². The summed E-state index contributed by atoms with van der Waals surface area (Å²) < 4.78 is 0. The number of hydrogen-bond acceptors (Lipinski definition) is 2. The Kier molecular flexibility index (Phi) is 4.33. The summed E-state index contributed by atoms with van der Waals surface area (Å²) >= 11 is 0. The zero-order chi connectivity index (χ0) is 9.72. The molecule has 1 unspecified atom stereocenters. The van der Waals surface area contributed by atoms with E-state index in [-0.39, 0.29) is 11.8 Å². The third-order valence-corrected chi connectivity index (χ3v) is 1.62. The Bertz CT molecular complexity index is 166. The van der Waals surface area contributed by atoms with Gasteiger partial charge < -0.3 is 10.2 Å². The van der Waals surface area contributed by atoms with Crippen LogP contribution in [0.4, 0.5) is 0 Å². The van der Waals surface area contributed by atoms with Crippen molar-refractivity contribution in [3.63, 3.8) is 0 Å². The molecule has 0 bridgehead atoms. The number of amides is 2. The summed E-state index contributed by atoms with van der Waals surface area (Å²) in [7, 11) is 3.34. The Morgan fingerprint density at radius 2 is 1.92 bits per heavy atom. The molecule has 1 atom stereocenters. The lowest BCUT2D eigenvalue weighted by Gasteiger charge is -2.22. The van der Waals surface area contributed by atoms with Gasteiger partial charge in [-0.05, 0) is 5.92 Å². The van der Waals surface area contributed by atoms with Crippen molar-refractivity contribution in [2.24, 2.45) is 5.92 Å². The molecule has 0 fully saturated rings. The van der Waals surface area contributed by atoms with Gasteiger partial charge in [-0.25, -0.2) is 0 Å². The zero-order valence-electron chi connectivity index (χ0n) is 8.00. The maximum absolute atomic E-state index is 11.4. The number of carbonyl (C=O) groups excluding carboxylic acids is 2. The first-order chi connectivity index (χ1) is 5.50. The van der Waals surface area contributed by atoms with Gasteiger partial charge in [-0.2, -0.15) is 0 Å². The lowest BCUT2D eigenvalue weighted by atomic mass is 10.0. The van der Waals surface area contributed by atoms with Gasteiger partial charge in [-0.15, -0.1) is 0 Å². The van der Waals surface area contributed by atoms with E-state index in [9.17, 15) is 9.59 Å². The molecule has 2 amide bonds. The third-order valence-electron chi connectivity index (χ3n) is 1.62. The maximum atomic E-state index is 11.4. The van der Waals surface area contributed by atoms with Gasteiger partial charge in [0.25, 0.3) is 0 Å². The number of rotatable bonds is 4. The first kappa shape index (κ1) is 10.9. The van der Waals surface area contributed by atoms with Crippen molar-refractivity contribution in [3.8, 4) is 0 Å². The molecule has 1 N–H and O–H groups in total. The Morgan fingerprint density at radius 3 is 2.17 bits per heavy atom. The van der Waals surface area contributed by atoms with E-state index in [1.54, 1.807) is 14.1 Å². The van der Waals surface area contributed by atoms with Crippen LogP contribution >= 0.6 is 0 Å². The molecule has 12 heavy (non-hydrogen) atoms. The highest BCUT2D eigenvalue weighted by molar-refractivity contribution is 5.83. The second-order valence-corrected chi connectivity index (χ2v) is 3.24. The van der Waals surface area contributed by atoms with Crippen molar-refractivity contribution < 1.29 is 9.59 Å². The summed E-state index contributed by atoms with van der Waals surface area (Å²) in [6.07, 6.45) is 0.562. The van der Waals surface area contributed by atoms with Gasteiger partial charge in [0.2, 0.25) is 12.3 Å². The largest absolute Gasteiger partial charge is 0.347 e. The molecule has 0 aliphatic carbocycles. The fourth-order valence-electron chi connectivity index (χ4n) is 0.900. The highest BCUT2D eigenvalue weighted by Gasteiger charge is 2.22. The van der Waals surface area contributed by atoms with Crippen molar-refractivity contribution in [3.05, 3.63) is 0 Å². The highest BCUT2D eigenvalue weighted by atomic mass is 16.2. The number of likely N-dealkylation sites (N-methyl/N-ethyl adjacent to an activating group) is 1. The van der Waals surface area contributed by atoms with Crippen LogP contribution in [-0.2, 0) is 9.59 Å². The van der Waals surface area contributed by atoms with E-state index >= 15 is 0 Å². The Labute approximate surface area is 72.9 Å². The SMILES string of the molecule is CC(C)C(NC=O)C(=O)N(C)C. The van der Waals surface area contributed by atoms with Crippen molar-refractivity contribution in [2.45, 2.75) is 19.9 Å². The van der Waals surface area contributed by atoms with E-state index in [1.807, 2.05) is 13.8 Å². The maximum Gasteiger partial charge on any atom is 0.244 e. The minimum Gasteiger partial charge on any atom is -0.347 e. The second-order valence-electron chi connectivity index (χ2n) is 3.24. The molecule has 0 saturated carbocycles. The fourth-order valence-corrected chi connectivity index (χ4v) is 0.900. The van der Waals surface area contributed by atoms with Crippen molar-refractivity contribution >= 4 is 12.3 Å². The van der Waals surface area contributed by atoms with E-state index < -0.39 is 6.04 Å². The van der Waals surface area contributed by atoms with Gasteiger partial charge in [0.1, 0.15) is 6.04 Å². The van der Waals surface area contributed by atoms with Crippen LogP contribution in [0.1, 0.15) is 13.8 Å². The topological polar surface area (TPSA) is 49.4 Å². The molecule has 0 aliphatic heterocycles. The van der Waals surface area contributed by atoms with Crippen LogP contribution in [0.2, 0.25) is 0 Å². The summed E-state index contributed by atoms with van der Waals surface area (Å²) in [4.78, 5) is 23.0. The minimum atomic E-state index is -0.405. The normalized spacial score (nSPS) is 12.4. The first-order valence-electron chi connectivity index (χ1n) is 3.91. The zero-order valence-corrected chi connectivity index (χ0v) is 8.00. The quantitative estimate of drug-likeness (QED) is 0.599. The Balaban J connectivity index is 4.29. The molecule has 0 aromatic heterocycles. The molecule has 0 aliphatic rings. The molecule has 70 valence electrons. The summed E-state index contributed by atoms with van der Waals surface area (Å²) in [6.45, 7) is 3.78. The van der Waals surface area contributed by atoms with Gasteiger partial charge in [0, 0.05) is 14.1 Å². The molecule has 0 saturated heterocycles. The van der Waals surface area contributed by atoms with Crippen LogP contribution in [0.5, 0.6) is 0 Å². The first-order valence-corrected chi connectivity index (χ1v) is 3.91. The average Bonchev–Trinajstić information content (AvgIpc) is 1.98. The lowest BCUT2D eigenvalue weighted by molar-refractivity contribution is -0.133. The smallest absolute Gasteiger partial charge is 0.244 e. The second kappa shape index (κ2) is 4.74. The minimum absolute atomic E-state index is 0.0721. The van der Waals surface area contributed by atoms with Crippen LogP contribution in [-0.4, -0.2) is 37.4 Å². The average molecular weight is 172 g/mol. The third kappa shape index (κ3) is 2.90. The van der Waals surface area contributed by atoms with Crippen LogP contribution < -0.4 is 5.32 Å². The molecule has 0 aromatic carbocycles. The van der Waals surface area contributed by atoms with Crippen molar-refractivity contribution in [2.75, 3.05) is 14.1 Å². The predicted molar refractivity (Wildman–Crippen MR) is 46.5 cm³/mol. The number of nitrogens with one attached hydrogen (secondary N) is 1. The lowest BCUT2D eigenvalue weighted by Crippen LogP contribution is -2.46. The molecule has 0 radical (unpaired) electrons. The van der Waals surface area contributed by atoms with Crippen LogP contribution in [0.25, 0.3) is 0 Å². The molecule has 4 heteroatoms. The molecule has 0 spiro atoms. The molecule has 4 nitrogen and oxygen atoms in total. The number of carbonyl (C=O) groups is 2. The molecular formula is C8H16N2O2. The Hall–Kier alpha value is -1.06. The van der Waals surface area contributed by atoms with Gasteiger partial charge in [0.15, 0.2) is 0 Å². The van der Waals surface area contributed by atoms with Crippen molar-refractivity contribution in [1.29, 1.82) is 0 Å². The summed E-state index contributed by atoms with van der Waals surface area (Å²) in [5.41, 5.74) is 0. The van der Waals surface area contributed by atoms with Crippen molar-refractivity contribution in [1.82, 2.24) is 10.2 Å². The predicted octanol–water partition coefficient (Wildman–Crippen LogP) is -0.155. The fraction of sp³-hybridized carbons (Fsp3) is 0.750. The monoisotopic (exact) mass is 172 g/mol. The van der Waals surface area contributed by atoms with Gasteiger partial charge in [-0.1, -0.05) is 13.8 Å². The molecule has 0 rings (SSSR count). The Morgan fingerprint density at radius 1 is 1.42 bits per heavy atom. The number of nitrogens with zero attached hydrogens (tertiary/aromatic N) is 1. The number of hydrogen-bond donors (Lipinski definition) is 1. The molecule has 0 aromatic rings. The van der Waals surface area contributed by atoms with E-state index in [1.165, 1.54) is 4.90 Å². The van der Waals surface area contributed by atoms with Gasteiger partial charge in [-0.3, -0.25) is 9.59 Å². The van der Waals surface area contributed by atoms with Crippen LogP contribution in [0.3, 0.4) is 0 Å². The summed E-state index contributed by atoms with van der Waals surface area (Å²) in [5, 5.41) is 2.49. The van der Waals surface area contributed by atoms with E-state index in [0.29, 0.717) is 6.41 Å². The summed E-state index contributed by atoms with van der Waals surface area (Å²) in [6, 6.07) is -0.405. The molecular weight excluding hydrogens is 156 g/mol. The van der Waals surface area contributed by atoms with E-state index in [4.69, 9.17) is 0 Å². The van der Waals surface area contributed by atoms with Crippen LogP contribution in [0, 0.1) is 5.92 Å². The highest BCUT2D eigenvalue weighted by Crippen LogP contribution is 2.02. The standard InChI is InChI=1S/C8H16N2O2/c1-6(2)7(9-5-11)8(12)10(3)4/h5-7H,1-4H3,(H,9,11). The van der Waals surface area contributed by atoms with E-state index in [0.717, 1.165) is 0 Å².